The molecule has 0 spiro atoms. The van der Waals surface area contributed by atoms with Gasteiger partial charge in [0, 0.05) is 5.92 Å². The molecule has 0 aliphatic heterocycles. The molecule has 4 nitrogen and oxygen atoms in total. The van der Waals surface area contributed by atoms with Crippen molar-refractivity contribution in [2.45, 2.75) is 19.1 Å². The number of Topliss-reactive ketones (excluding diaryl/α,β-unsaturated/α-hetero) is 1. The Balaban J connectivity index is 4.52. The molecule has 5 heteroatoms. The van der Waals surface area contributed by atoms with Crippen molar-refractivity contribution < 1.29 is 14.3 Å². The number of thiocyanates is 1. The summed E-state index contributed by atoms with van der Waals surface area (Å²) >= 11 is 0.627. The fourth-order valence-corrected chi connectivity index (χ4v) is 1.37. The summed E-state index contributed by atoms with van der Waals surface area (Å²) in [5, 5.41) is 9.07. The highest BCUT2D eigenvalue weighted by Gasteiger charge is 2.29. The zero-order valence-electron chi connectivity index (χ0n) is 7.73. The van der Waals surface area contributed by atoms with Crippen LogP contribution in [0.2, 0.25) is 0 Å². The van der Waals surface area contributed by atoms with Gasteiger partial charge in [-0.05, 0) is 11.8 Å². The fraction of sp³-hybridized carbons (Fsp3) is 0.625. The first kappa shape index (κ1) is 12.0. The highest BCUT2D eigenvalue weighted by Crippen LogP contribution is 2.15. The van der Waals surface area contributed by atoms with Gasteiger partial charge in [0.15, 0.2) is 11.0 Å². The third-order valence-corrected chi connectivity index (χ3v) is 2.18. The summed E-state index contributed by atoms with van der Waals surface area (Å²) in [6, 6.07) is 0. The Morgan fingerprint density at radius 2 is 2.00 bits per heavy atom. The van der Waals surface area contributed by atoms with E-state index in [4.69, 9.17) is 5.26 Å². The van der Waals surface area contributed by atoms with Crippen molar-refractivity contribution in [3.05, 3.63) is 0 Å². The summed E-state index contributed by atoms with van der Waals surface area (Å²) in [4.78, 5) is 22.4. The van der Waals surface area contributed by atoms with Gasteiger partial charge in [-0.25, -0.2) is 0 Å². The molecular formula is C8H11NO3S. The molecule has 0 saturated heterocycles. The van der Waals surface area contributed by atoms with Crippen LogP contribution < -0.4 is 0 Å². The largest absolute Gasteiger partial charge is 0.468 e. The minimum absolute atomic E-state index is 0.273. The molecule has 0 rings (SSSR count). The van der Waals surface area contributed by atoms with Crippen LogP contribution in [0, 0.1) is 16.6 Å². The summed E-state index contributed by atoms with van der Waals surface area (Å²) in [6.07, 6.45) is 0. The Morgan fingerprint density at radius 3 is 2.31 bits per heavy atom. The SMILES string of the molecule is COC(=O)C(SC#N)C(=O)C(C)C. The van der Waals surface area contributed by atoms with E-state index in [1.807, 2.05) is 0 Å². The van der Waals surface area contributed by atoms with Gasteiger partial charge in [-0.3, -0.25) is 9.59 Å². The van der Waals surface area contributed by atoms with Gasteiger partial charge in [-0.2, -0.15) is 5.26 Å². The summed E-state index contributed by atoms with van der Waals surface area (Å²) in [5.41, 5.74) is 0. The van der Waals surface area contributed by atoms with Gasteiger partial charge >= 0.3 is 5.97 Å². The van der Waals surface area contributed by atoms with Gasteiger partial charge in [0.2, 0.25) is 0 Å². The number of carbonyl (C=O) groups is 2. The Morgan fingerprint density at radius 1 is 1.46 bits per heavy atom. The molecule has 1 unspecified atom stereocenters. The van der Waals surface area contributed by atoms with Crippen LogP contribution in [0.4, 0.5) is 0 Å². The van der Waals surface area contributed by atoms with Crippen molar-refractivity contribution in [3.8, 4) is 5.40 Å². The standard InChI is InChI=1S/C8H11NO3S/c1-5(2)6(10)7(13-4-9)8(11)12-3/h5,7H,1-3H3. The number of thioether (sulfide) groups is 1. The average Bonchev–Trinajstić information content (AvgIpc) is 2.11. The smallest absolute Gasteiger partial charge is 0.327 e. The molecular weight excluding hydrogens is 190 g/mol. The molecule has 1 atom stereocenters. The topological polar surface area (TPSA) is 67.2 Å². The first-order chi connectivity index (χ1) is 6.04. The van der Waals surface area contributed by atoms with Crippen LogP contribution in [0.1, 0.15) is 13.8 Å². The number of rotatable bonds is 4. The Labute approximate surface area is 81.2 Å². The Kier molecular flexibility index (Phi) is 5.16. The Bertz CT molecular complexity index is 244. The molecule has 0 aliphatic rings. The number of carbonyl (C=O) groups excluding carboxylic acids is 2. The number of nitriles is 1. The van der Waals surface area contributed by atoms with E-state index in [-0.39, 0.29) is 11.7 Å². The molecule has 0 saturated carbocycles. The normalized spacial score (nSPS) is 11.9. The van der Waals surface area contributed by atoms with E-state index < -0.39 is 11.2 Å². The fourth-order valence-electron chi connectivity index (χ4n) is 0.685. The predicted molar refractivity (Wildman–Crippen MR) is 48.9 cm³/mol. The lowest BCUT2D eigenvalue weighted by Gasteiger charge is -2.10. The van der Waals surface area contributed by atoms with E-state index in [0.717, 1.165) is 0 Å². The molecule has 13 heavy (non-hydrogen) atoms. The first-order valence-corrected chi connectivity index (χ1v) is 4.58. The third-order valence-electron chi connectivity index (χ3n) is 1.41. The third kappa shape index (κ3) is 3.47. The lowest BCUT2D eigenvalue weighted by Crippen LogP contribution is -2.31. The molecule has 0 fully saturated rings. The van der Waals surface area contributed by atoms with Crippen molar-refractivity contribution in [1.29, 1.82) is 5.26 Å². The molecule has 0 amide bonds. The van der Waals surface area contributed by atoms with Gasteiger partial charge in [-0.1, -0.05) is 13.8 Å². The molecule has 0 aromatic heterocycles. The van der Waals surface area contributed by atoms with Gasteiger partial charge < -0.3 is 4.74 Å². The molecule has 0 heterocycles. The number of ketones is 1. The van der Waals surface area contributed by atoms with Gasteiger partial charge in [0.1, 0.15) is 5.40 Å². The minimum atomic E-state index is -1.00. The number of methoxy groups -OCH3 is 1. The van der Waals surface area contributed by atoms with Crippen LogP contribution in [0.5, 0.6) is 0 Å². The molecule has 72 valence electrons. The minimum Gasteiger partial charge on any atom is -0.468 e. The predicted octanol–water partition coefficient (Wildman–Crippen LogP) is 0.967. The lowest BCUT2D eigenvalue weighted by molar-refractivity contribution is -0.143. The summed E-state index contributed by atoms with van der Waals surface area (Å²) in [5.74, 6) is -1.21. The van der Waals surface area contributed by atoms with Crippen molar-refractivity contribution in [1.82, 2.24) is 0 Å². The van der Waals surface area contributed by atoms with Crippen molar-refractivity contribution in [2.75, 3.05) is 7.11 Å². The lowest BCUT2D eigenvalue weighted by atomic mass is 10.1. The summed E-state index contributed by atoms with van der Waals surface area (Å²) in [7, 11) is 1.20. The molecule has 0 radical (unpaired) electrons. The van der Waals surface area contributed by atoms with E-state index in [9.17, 15) is 9.59 Å². The highest BCUT2D eigenvalue weighted by atomic mass is 32.2. The number of hydrogen-bond donors (Lipinski definition) is 0. The van der Waals surface area contributed by atoms with Crippen LogP contribution in [0.3, 0.4) is 0 Å². The van der Waals surface area contributed by atoms with Crippen molar-refractivity contribution >= 4 is 23.5 Å². The highest BCUT2D eigenvalue weighted by molar-refractivity contribution is 8.05. The van der Waals surface area contributed by atoms with Crippen LogP contribution >= 0.6 is 11.8 Å². The maximum atomic E-state index is 11.4. The second-order valence-electron chi connectivity index (χ2n) is 2.67. The second kappa shape index (κ2) is 5.60. The molecule has 0 aromatic carbocycles. The van der Waals surface area contributed by atoms with Crippen LogP contribution in [0.25, 0.3) is 0 Å². The van der Waals surface area contributed by atoms with Crippen molar-refractivity contribution in [3.63, 3.8) is 0 Å². The van der Waals surface area contributed by atoms with Crippen LogP contribution in [0.15, 0.2) is 0 Å². The van der Waals surface area contributed by atoms with Crippen LogP contribution in [-0.4, -0.2) is 24.1 Å². The zero-order valence-corrected chi connectivity index (χ0v) is 8.55. The van der Waals surface area contributed by atoms with E-state index in [2.05, 4.69) is 4.74 Å². The summed E-state index contributed by atoms with van der Waals surface area (Å²) < 4.78 is 4.40. The van der Waals surface area contributed by atoms with Gasteiger partial charge in [-0.15, -0.1) is 0 Å². The second-order valence-corrected chi connectivity index (χ2v) is 3.56. The van der Waals surface area contributed by atoms with E-state index in [0.29, 0.717) is 11.8 Å². The zero-order chi connectivity index (χ0) is 10.4. The Hall–Kier alpha value is -1.02. The molecule has 0 aliphatic carbocycles. The monoisotopic (exact) mass is 201 g/mol. The number of nitrogens with zero attached hydrogens (tertiary/aromatic N) is 1. The maximum Gasteiger partial charge on any atom is 0.327 e. The van der Waals surface area contributed by atoms with E-state index in [1.54, 1.807) is 19.2 Å². The first-order valence-electron chi connectivity index (χ1n) is 3.70. The molecule has 0 N–H and O–H groups in total. The number of hydrogen-bond acceptors (Lipinski definition) is 5. The van der Waals surface area contributed by atoms with Crippen LogP contribution in [-0.2, 0) is 14.3 Å². The molecule has 0 aromatic rings. The van der Waals surface area contributed by atoms with E-state index in [1.165, 1.54) is 7.11 Å². The van der Waals surface area contributed by atoms with E-state index >= 15 is 0 Å². The summed E-state index contributed by atoms with van der Waals surface area (Å²) in [6.45, 7) is 3.35. The number of ether oxygens (including phenoxy) is 1. The quantitative estimate of drug-likeness (QED) is 0.385. The van der Waals surface area contributed by atoms with Gasteiger partial charge in [0.05, 0.1) is 7.11 Å². The average molecular weight is 201 g/mol. The number of esters is 1. The van der Waals surface area contributed by atoms with Crippen molar-refractivity contribution in [2.24, 2.45) is 5.92 Å². The van der Waals surface area contributed by atoms with Gasteiger partial charge in [0.25, 0.3) is 0 Å². The maximum absolute atomic E-state index is 11.4. The molecule has 0 bridgehead atoms.